The van der Waals surface area contributed by atoms with E-state index in [0.717, 1.165) is 38.1 Å². The Hall–Kier alpha value is -2.82. The van der Waals surface area contributed by atoms with Gasteiger partial charge in [-0.25, -0.2) is 4.39 Å². The van der Waals surface area contributed by atoms with Crippen LogP contribution in [-0.2, 0) is 11.0 Å². The second-order valence-corrected chi connectivity index (χ2v) is 7.62. The Labute approximate surface area is 173 Å². The van der Waals surface area contributed by atoms with E-state index in [0.29, 0.717) is 23.5 Å². The first kappa shape index (κ1) is 21.9. The standard InChI is InChI=1S/C19H17F4N3O3S/c20-13-4-3-5-14(25-8-1-2-9-25)18(13)24-17(27)11-30-16-7-6-12(19(21,22)23)10-15(16)26(28)29/h3-7,10H,1-2,8-9,11H2,(H,24,27). The third-order valence-electron chi connectivity index (χ3n) is 4.54. The van der Waals surface area contributed by atoms with Crippen LogP contribution >= 0.6 is 11.8 Å². The number of halogens is 4. The summed E-state index contributed by atoms with van der Waals surface area (Å²) in [5.74, 6) is -1.57. The molecule has 6 nitrogen and oxygen atoms in total. The fraction of sp³-hybridized carbons (Fsp3) is 0.316. The molecule has 0 spiro atoms. The zero-order chi connectivity index (χ0) is 21.9. The second-order valence-electron chi connectivity index (χ2n) is 6.60. The van der Waals surface area contributed by atoms with Crippen molar-refractivity contribution in [1.29, 1.82) is 0 Å². The molecule has 1 heterocycles. The molecule has 11 heteroatoms. The summed E-state index contributed by atoms with van der Waals surface area (Å²) in [6.45, 7) is 1.47. The molecule has 1 aliphatic rings. The maximum atomic E-state index is 14.3. The third-order valence-corrected chi connectivity index (χ3v) is 5.61. The third kappa shape index (κ3) is 5.02. The Bertz CT molecular complexity index is 963. The quantitative estimate of drug-likeness (QED) is 0.292. The predicted molar refractivity (Wildman–Crippen MR) is 105 cm³/mol. The number of anilines is 2. The highest BCUT2D eigenvalue weighted by molar-refractivity contribution is 8.00. The monoisotopic (exact) mass is 443 g/mol. The summed E-state index contributed by atoms with van der Waals surface area (Å²) in [5, 5.41) is 13.6. The molecule has 2 aromatic rings. The number of carbonyl (C=O) groups is 1. The lowest BCUT2D eigenvalue weighted by Crippen LogP contribution is -2.22. The fourth-order valence-electron chi connectivity index (χ4n) is 3.14. The number of hydrogen-bond acceptors (Lipinski definition) is 5. The molecule has 2 aromatic carbocycles. The molecule has 0 saturated carbocycles. The Balaban J connectivity index is 1.73. The van der Waals surface area contributed by atoms with E-state index >= 15 is 0 Å². The van der Waals surface area contributed by atoms with E-state index in [-0.39, 0.29) is 16.3 Å². The first-order chi connectivity index (χ1) is 14.2. The Morgan fingerprint density at radius 2 is 1.90 bits per heavy atom. The number of thioether (sulfide) groups is 1. The summed E-state index contributed by atoms with van der Waals surface area (Å²) in [5.41, 5.74) is -1.32. The first-order valence-corrected chi connectivity index (χ1v) is 9.97. The zero-order valence-electron chi connectivity index (χ0n) is 15.5. The van der Waals surface area contributed by atoms with Crippen LogP contribution in [-0.4, -0.2) is 29.7 Å². The van der Waals surface area contributed by atoms with Gasteiger partial charge in [0, 0.05) is 19.2 Å². The predicted octanol–water partition coefficient (Wildman–Crippen LogP) is 5.08. The van der Waals surface area contributed by atoms with Crippen molar-refractivity contribution < 1.29 is 27.3 Å². The van der Waals surface area contributed by atoms with Gasteiger partial charge < -0.3 is 10.2 Å². The fourth-order valence-corrected chi connectivity index (χ4v) is 3.94. The number of amides is 1. The van der Waals surface area contributed by atoms with E-state index in [2.05, 4.69) is 5.32 Å². The van der Waals surface area contributed by atoms with Crippen LogP contribution in [0.25, 0.3) is 0 Å². The summed E-state index contributed by atoms with van der Waals surface area (Å²) in [6, 6.07) is 6.55. The highest BCUT2D eigenvalue weighted by atomic mass is 32.2. The van der Waals surface area contributed by atoms with E-state index in [4.69, 9.17) is 0 Å². The average molecular weight is 443 g/mol. The summed E-state index contributed by atoms with van der Waals surface area (Å²) in [6.07, 6.45) is -2.81. The van der Waals surface area contributed by atoms with E-state index < -0.39 is 34.1 Å². The number of nitro groups is 1. The zero-order valence-corrected chi connectivity index (χ0v) is 16.4. The molecular weight excluding hydrogens is 426 g/mol. The van der Waals surface area contributed by atoms with Crippen LogP contribution < -0.4 is 10.2 Å². The summed E-state index contributed by atoms with van der Waals surface area (Å²) < 4.78 is 52.7. The molecule has 0 aliphatic carbocycles. The average Bonchev–Trinajstić information content (AvgIpc) is 3.21. The lowest BCUT2D eigenvalue weighted by Gasteiger charge is -2.22. The SMILES string of the molecule is O=C(CSc1ccc(C(F)(F)F)cc1[N+](=O)[O-])Nc1c(F)cccc1N1CCCC1. The number of nitrogens with one attached hydrogen (secondary N) is 1. The van der Waals surface area contributed by atoms with Crippen molar-refractivity contribution in [3.8, 4) is 0 Å². The van der Waals surface area contributed by atoms with Crippen LogP contribution in [0.1, 0.15) is 18.4 Å². The van der Waals surface area contributed by atoms with Gasteiger partial charge >= 0.3 is 6.18 Å². The van der Waals surface area contributed by atoms with Crippen molar-refractivity contribution in [1.82, 2.24) is 0 Å². The number of alkyl halides is 3. The molecule has 0 radical (unpaired) electrons. The molecule has 1 N–H and O–H groups in total. The van der Waals surface area contributed by atoms with Gasteiger partial charge in [-0.3, -0.25) is 14.9 Å². The van der Waals surface area contributed by atoms with Gasteiger partial charge in [-0.15, -0.1) is 11.8 Å². The summed E-state index contributed by atoms with van der Waals surface area (Å²) in [4.78, 5) is 24.4. The topological polar surface area (TPSA) is 75.5 Å². The van der Waals surface area contributed by atoms with Gasteiger partial charge in [0.2, 0.25) is 5.91 Å². The Morgan fingerprint density at radius 1 is 1.20 bits per heavy atom. The highest BCUT2D eigenvalue weighted by Crippen LogP contribution is 2.37. The maximum Gasteiger partial charge on any atom is 0.416 e. The molecule has 1 fully saturated rings. The highest BCUT2D eigenvalue weighted by Gasteiger charge is 2.33. The second kappa shape index (κ2) is 8.90. The molecule has 160 valence electrons. The van der Waals surface area contributed by atoms with Crippen LogP contribution in [0.5, 0.6) is 0 Å². The van der Waals surface area contributed by atoms with E-state index in [9.17, 15) is 32.5 Å². The summed E-state index contributed by atoms with van der Waals surface area (Å²) >= 11 is 0.709. The van der Waals surface area contributed by atoms with Crippen LogP contribution in [0.2, 0.25) is 0 Å². The number of nitro benzene ring substituents is 1. The van der Waals surface area contributed by atoms with Gasteiger partial charge in [0.05, 0.1) is 26.8 Å². The minimum atomic E-state index is -4.72. The largest absolute Gasteiger partial charge is 0.416 e. The number of nitrogens with zero attached hydrogens (tertiary/aromatic N) is 2. The van der Waals surface area contributed by atoms with Gasteiger partial charge in [-0.1, -0.05) is 6.07 Å². The van der Waals surface area contributed by atoms with Crippen LogP contribution in [0.4, 0.5) is 34.6 Å². The molecule has 3 rings (SSSR count). The van der Waals surface area contributed by atoms with Crippen molar-refractivity contribution in [3.05, 3.63) is 57.9 Å². The number of hydrogen-bond donors (Lipinski definition) is 1. The van der Waals surface area contributed by atoms with Gasteiger partial charge in [0.15, 0.2) is 0 Å². The van der Waals surface area contributed by atoms with Crippen molar-refractivity contribution in [2.24, 2.45) is 0 Å². The van der Waals surface area contributed by atoms with Crippen LogP contribution in [0.3, 0.4) is 0 Å². The smallest absolute Gasteiger partial charge is 0.370 e. The minimum Gasteiger partial charge on any atom is -0.370 e. The molecule has 30 heavy (non-hydrogen) atoms. The van der Waals surface area contributed by atoms with Gasteiger partial charge in [0.1, 0.15) is 11.5 Å². The van der Waals surface area contributed by atoms with Crippen molar-refractivity contribution >= 4 is 34.7 Å². The van der Waals surface area contributed by atoms with E-state index in [1.807, 2.05) is 4.90 Å². The Kier molecular flexibility index (Phi) is 6.49. The van der Waals surface area contributed by atoms with Crippen molar-refractivity contribution in [3.63, 3.8) is 0 Å². The van der Waals surface area contributed by atoms with Crippen LogP contribution in [0.15, 0.2) is 41.3 Å². The lowest BCUT2D eigenvalue weighted by atomic mass is 10.2. The maximum absolute atomic E-state index is 14.3. The van der Waals surface area contributed by atoms with Gasteiger partial charge in [0.25, 0.3) is 5.69 Å². The van der Waals surface area contributed by atoms with Crippen molar-refractivity contribution in [2.75, 3.05) is 29.1 Å². The molecule has 0 aromatic heterocycles. The van der Waals surface area contributed by atoms with Gasteiger partial charge in [-0.2, -0.15) is 13.2 Å². The molecule has 1 saturated heterocycles. The number of rotatable bonds is 6. The van der Waals surface area contributed by atoms with E-state index in [1.54, 1.807) is 12.1 Å². The van der Waals surface area contributed by atoms with Crippen LogP contribution in [0, 0.1) is 15.9 Å². The molecule has 0 bridgehead atoms. The number of benzene rings is 2. The molecule has 1 amide bonds. The number of para-hydroxylation sites is 1. The lowest BCUT2D eigenvalue weighted by molar-refractivity contribution is -0.388. The Morgan fingerprint density at radius 3 is 2.53 bits per heavy atom. The molecular formula is C19H17F4N3O3S. The first-order valence-electron chi connectivity index (χ1n) is 8.98. The minimum absolute atomic E-state index is 0.0203. The molecule has 1 aliphatic heterocycles. The van der Waals surface area contributed by atoms with E-state index in [1.165, 1.54) is 6.07 Å². The normalized spacial score (nSPS) is 14.1. The number of carbonyl (C=O) groups excluding carboxylic acids is 1. The molecule has 0 unspecified atom stereocenters. The summed E-state index contributed by atoms with van der Waals surface area (Å²) in [7, 11) is 0. The van der Waals surface area contributed by atoms with Crippen molar-refractivity contribution in [2.45, 2.75) is 23.9 Å². The molecule has 0 atom stereocenters. The van der Waals surface area contributed by atoms with Gasteiger partial charge in [-0.05, 0) is 37.1 Å².